The zero-order valence-corrected chi connectivity index (χ0v) is 16.0. The molecule has 0 radical (unpaired) electrons. The lowest BCUT2D eigenvalue weighted by Gasteiger charge is -2.57. The Hall–Kier alpha value is -0.440. The van der Waals surface area contributed by atoms with Gasteiger partial charge in [0.25, 0.3) is 0 Å². The minimum atomic E-state index is -1.04. The molecule has 0 heterocycles. The van der Waals surface area contributed by atoms with Gasteiger partial charge in [0.1, 0.15) is 12.5 Å². The first-order chi connectivity index (χ1) is 11.9. The Kier molecular flexibility index (Phi) is 4.54. The monoisotopic (exact) mass is 350 g/mol. The molecule has 1 N–H and O–H groups in total. The molecule has 0 aromatic heterocycles. The molecular formula is C22H35FO2. The summed E-state index contributed by atoms with van der Waals surface area (Å²) in [7, 11) is 0. The van der Waals surface area contributed by atoms with E-state index in [-0.39, 0.29) is 5.41 Å². The summed E-state index contributed by atoms with van der Waals surface area (Å²) in [5.74, 6) is 4.25. The molecular weight excluding hydrogens is 315 g/mol. The maximum absolute atomic E-state index is 13.3. The van der Waals surface area contributed by atoms with Gasteiger partial charge in [-0.3, -0.25) is 4.79 Å². The van der Waals surface area contributed by atoms with Crippen LogP contribution in [0.25, 0.3) is 0 Å². The third-order valence-electron chi connectivity index (χ3n) is 9.09. The third kappa shape index (κ3) is 2.71. The van der Waals surface area contributed by atoms with Crippen LogP contribution in [0.5, 0.6) is 0 Å². The number of carbonyl (C=O) groups excluding carboxylic acids is 1. The Morgan fingerprint density at radius 3 is 2.52 bits per heavy atom. The number of rotatable bonds is 3. The highest BCUT2D eigenvalue weighted by Crippen LogP contribution is 2.64. The Morgan fingerprint density at radius 2 is 1.80 bits per heavy atom. The third-order valence-corrected chi connectivity index (χ3v) is 9.09. The Balaban J connectivity index is 1.52. The van der Waals surface area contributed by atoms with Gasteiger partial charge < -0.3 is 5.11 Å². The van der Waals surface area contributed by atoms with E-state index in [9.17, 15) is 14.3 Å². The minimum Gasteiger partial charge on any atom is -0.387 e. The largest absolute Gasteiger partial charge is 0.387 e. The quantitative estimate of drug-likeness (QED) is 0.783. The van der Waals surface area contributed by atoms with Gasteiger partial charge in [-0.15, -0.1) is 0 Å². The molecule has 4 aliphatic rings. The maximum atomic E-state index is 13.3. The Labute approximate surface area is 152 Å². The van der Waals surface area contributed by atoms with Gasteiger partial charge >= 0.3 is 0 Å². The molecule has 4 saturated carbocycles. The second-order valence-corrected chi connectivity index (χ2v) is 10.0. The van der Waals surface area contributed by atoms with Crippen LogP contribution in [0, 0.1) is 40.9 Å². The molecule has 25 heavy (non-hydrogen) atoms. The van der Waals surface area contributed by atoms with Gasteiger partial charge in [0.05, 0.1) is 5.60 Å². The van der Waals surface area contributed by atoms with Crippen LogP contribution in [0.1, 0.15) is 78.1 Å². The number of ketones is 1. The van der Waals surface area contributed by atoms with Crippen LogP contribution in [-0.4, -0.2) is 23.2 Å². The molecule has 4 aliphatic carbocycles. The van der Waals surface area contributed by atoms with Crippen LogP contribution in [0.15, 0.2) is 0 Å². The van der Waals surface area contributed by atoms with Crippen molar-refractivity contribution in [3.63, 3.8) is 0 Å². The predicted molar refractivity (Wildman–Crippen MR) is 96.8 cm³/mol. The second kappa shape index (κ2) is 6.32. The van der Waals surface area contributed by atoms with Crippen LogP contribution in [0.2, 0.25) is 0 Å². The van der Waals surface area contributed by atoms with Crippen molar-refractivity contribution >= 4 is 5.78 Å². The van der Waals surface area contributed by atoms with E-state index in [2.05, 4.69) is 6.92 Å². The zero-order chi connectivity index (χ0) is 17.8. The molecule has 4 fully saturated rings. The van der Waals surface area contributed by atoms with E-state index in [0.717, 1.165) is 37.0 Å². The van der Waals surface area contributed by atoms with Crippen molar-refractivity contribution in [2.45, 2.75) is 83.7 Å². The van der Waals surface area contributed by atoms with Crippen LogP contribution in [0.3, 0.4) is 0 Å². The SMILES string of the molecule is CCC(=O)[C@H]1CC[C@H]2[C@@H]3CC[C@H]4C[C@@](O)(CF)CC[C@@H]4[C@H]3CC[C@]12C. The number of hydrogen-bond donors (Lipinski definition) is 1. The van der Waals surface area contributed by atoms with E-state index in [4.69, 9.17) is 0 Å². The first-order valence-corrected chi connectivity index (χ1v) is 10.7. The summed E-state index contributed by atoms with van der Waals surface area (Å²) in [5, 5.41) is 10.4. The fourth-order valence-corrected chi connectivity index (χ4v) is 7.86. The first kappa shape index (κ1) is 17.9. The summed E-state index contributed by atoms with van der Waals surface area (Å²) >= 11 is 0. The number of Topliss-reactive ketones (excluding diaryl/α,β-unsaturated/α-hetero) is 1. The van der Waals surface area contributed by atoms with Crippen LogP contribution in [-0.2, 0) is 4.79 Å². The van der Waals surface area contributed by atoms with Crippen molar-refractivity contribution in [1.29, 1.82) is 0 Å². The molecule has 8 atom stereocenters. The Morgan fingerprint density at radius 1 is 1.04 bits per heavy atom. The van der Waals surface area contributed by atoms with Gasteiger partial charge in [0, 0.05) is 12.3 Å². The lowest BCUT2D eigenvalue weighted by atomic mass is 9.49. The van der Waals surface area contributed by atoms with Crippen molar-refractivity contribution in [2.24, 2.45) is 40.9 Å². The predicted octanol–water partition coefficient (Wildman–Crippen LogP) is 4.93. The zero-order valence-electron chi connectivity index (χ0n) is 16.0. The van der Waals surface area contributed by atoms with Crippen LogP contribution in [0.4, 0.5) is 4.39 Å². The molecule has 0 aromatic carbocycles. The average Bonchev–Trinajstić information content (AvgIpc) is 2.98. The van der Waals surface area contributed by atoms with Gasteiger partial charge in [0.2, 0.25) is 0 Å². The summed E-state index contributed by atoms with van der Waals surface area (Å²) in [6.07, 6.45) is 10.2. The molecule has 3 heteroatoms. The fourth-order valence-electron chi connectivity index (χ4n) is 7.86. The smallest absolute Gasteiger partial charge is 0.136 e. The van der Waals surface area contributed by atoms with E-state index in [1.165, 1.54) is 25.7 Å². The molecule has 0 aliphatic heterocycles. The fraction of sp³-hybridized carbons (Fsp3) is 0.955. The molecule has 0 saturated heterocycles. The van der Waals surface area contributed by atoms with Crippen LogP contribution >= 0.6 is 0 Å². The number of alkyl halides is 1. The summed E-state index contributed by atoms with van der Waals surface area (Å²) in [4.78, 5) is 12.5. The highest BCUT2D eigenvalue weighted by Gasteiger charge is 2.58. The van der Waals surface area contributed by atoms with Gasteiger partial charge in [-0.05, 0) is 92.8 Å². The average molecular weight is 351 g/mol. The standard InChI is InChI=1S/C22H35FO2/c1-3-20(24)19-7-6-18-17-5-4-14-12-22(25,13-23)11-9-15(14)16(17)8-10-21(18,19)2/h14-19,25H,3-13H2,1-2H3/t14-,15-,16+,17+,18-,19+,21-,22+/m0/s1. The maximum Gasteiger partial charge on any atom is 0.136 e. The van der Waals surface area contributed by atoms with E-state index < -0.39 is 12.3 Å². The van der Waals surface area contributed by atoms with Crippen LogP contribution < -0.4 is 0 Å². The number of hydrogen-bond acceptors (Lipinski definition) is 2. The molecule has 0 bridgehead atoms. The number of fused-ring (bicyclic) bond motifs is 5. The van der Waals surface area contributed by atoms with Gasteiger partial charge in [-0.1, -0.05) is 13.8 Å². The summed E-state index contributed by atoms with van der Waals surface area (Å²) in [6, 6.07) is 0. The molecule has 0 unspecified atom stereocenters. The van der Waals surface area contributed by atoms with E-state index in [1.807, 2.05) is 6.92 Å². The highest BCUT2D eigenvalue weighted by molar-refractivity contribution is 5.81. The van der Waals surface area contributed by atoms with Crippen molar-refractivity contribution in [1.82, 2.24) is 0 Å². The van der Waals surface area contributed by atoms with Crippen molar-refractivity contribution in [3.05, 3.63) is 0 Å². The van der Waals surface area contributed by atoms with Crippen molar-refractivity contribution in [2.75, 3.05) is 6.67 Å². The number of halogens is 1. The van der Waals surface area contributed by atoms with Crippen molar-refractivity contribution < 1.29 is 14.3 Å². The number of carbonyl (C=O) groups is 1. The number of aliphatic hydroxyl groups is 1. The molecule has 0 aromatic rings. The van der Waals surface area contributed by atoms with Gasteiger partial charge in [-0.25, -0.2) is 4.39 Å². The molecule has 142 valence electrons. The van der Waals surface area contributed by atoms with E-state index >= 15 is 0 Å². The minimum absolute atomic E-state index is 0.232. The van der Waals surface area contributed by atoms with Gasteiger partial charge in [0.15, 0.2) is 0 Å². The molecule has 0 spiro atoms. The lowest BCUT2D eigenvalue weighted by molar-refractivity contribution is -0.133. The van der Waals surface area contributed by atoms with E-state index in [0.29, 0.717) is 42.8 Å². The highest BCUT2D eigenvalue weighted by atomic mass is 19.1. The lowest BCUT2D eigenvalue weighted by Crippen LogP contribution is -2.51. The second-order valence-electron chi connectivity index (χ2n) is 10.0. The normalized spacial score (nSPS) is 52.2. The van der Waals surface area contributed by atoms with Crippen molar-refractivity contribution in [3.8, 4) is 0 Å². The summed E-state index contributed by atoms with van der Waals surface area (Å²) < 4.78 is 13.3. The summed E-state index contributed by atoms with van der Waals surface area (Å²) in [5.41, 5.74) is -0.807. The molecule has 2 nitrogen and oxygen atoms in total. The Bertz CT molecular complexity index is 534. The van der Waals surface area contributed by atoms with E-state index in [1.54, 1.807) is 0 Å². The summed E-state index contributed by atoms with van der Waals surface area (Å²) in [6.45, 7) is 3.85. The molecule has 4 rings (SSSR count). The first-order valence-electron chi connectivity index (χ1n) is 10.7. The van der Waals surface area contributed by atoms with Gasteiger partial charge in [-0.2, -0.15) is 0 Å². The topological polar surface area (TPSA) is 37.3 Å². The molecule has 0 amide bonds.